The molecule has 5 nitrogen and oxygen atoms in total. The number of rotatable bonds is 8. The molecule has 0 saturated carbocycles. The molecule has 0 atom stereocenters. The van der Waals surface area contributed by atoms with Crippen LogP contribution in [0.4, 0.5) is 0 Å². The van der Waals surface area contributed by atoms with E-state index < -0.39 is 0 Å². The van der Waals surface area contributed by atoms with Crippen LogP contribution in [0.5, 0.6) is 11.5 Å². The third kappa shape index (κ3) is 5.68. The molecule has 0 aromatic heterocycles. The van der Waals surface area contributed by atoms with Crippen molar-refractivity contribution in [3.8, 4) is 11.5 Å². The molecule has 6 heteroatoms. The third-order valence-corrected chi connectivity index (χ3v) is 3.73. The first-order chi connectivity index (χ1) is 10.8. The largest absolute Gasteiger partial charge is 0.493 e. The highest BCUT2D eigenvalue weighted by atomic mass is 35.5. The molecule has 0 unspecified atom stereocenters. The standard InChI is InChI=1S/C17H25NO4.ClH/c1-3-9-21-16-5-4-15(13-19)17(14(16)2)22-12-8-18-6-10-20-11-7-18;/h4-5,13H,3,6-12H2,1-2H3;1H. The summed E-state index contributed by atoms with van der Waals surface area (Å²) in [6.07, 6.45) is 1.78. The molecule has 1 fully saturated rings. The van der Waals surface area contributed by atoms with E-state index in [4.69, 9.17) is 14.2 Å². The number of hydrogen-bond acceptors (Lipinski definition) is 5. The Morgan fingerprint density at radius 1 is 1.22 bits per heavy atom. The summed E-state index contributed by atoms with van der Waals surface area (Å²) in [5.41, 5.74) is 1.46. The Labute approximate surface area is 144 Å². The molecule has 0 aliphatic carbocycles. The number of morpholine rings is 1. The van der Waals surface area contributed by atoms with Gasteiger partial charge in [0.15, 0.2) is 6.29 Å². The van der Waals surface area contributed by atoms with Crippen LogP contribution >= 0.6 is 12.4 Å². The van der Waals surface area contributed by atoms with Gasteiger partial charge >= 0.3 is 0 Å². The molecular formula is C17H26ClNO4. The first-order valence-electron chi connectivity index (χ1n) is 7.90. The first-order valence-corrected chi connectivity index (χ1v) is 7.90. The average molecular weight is 344 g/mol. The van der Waals surface area contributed by atoms with Crippen LogP contribution in [0.15, 0.2) is 12.1 Å². The lowest BCUT2D eigenvalue weighted by atomic mass is 10.1. The molecule has 130 valence electrons. The smallest absolute Gasteiger partial charge is 0.153 e. The molecule has 0 amide bonds. The molecule has 1 aromatic carbocycles. The van der Waals surface area contributed by atoms with Gasteiger partial charge in [-0.15, -0.1) is 12.4 Å². The molecule has 1 aliphatic heterocycles. The second kappa shape index (κ2) is 10.5. The fraction of sp³-hybridized carbons (Fsp3) is 0.588. The van der Waals surface area contributed by atoms with Gasteiger partial charge in [-0.25, -0.2) is 0 Å². The molecule has 0 radical (unpaired) electrons. The molecule has 1 aromatic rings. The normalized spacial score (nSPS) is 14.9. The van der Waals surface area contributed by atoms with Crippen LogP contribution in [-0.4, -0.2) is 57.2 Å². The SMILES string of the molecule is CCCOc1ccc(C=O)c(OCCN2CCOCC2)c1C.Cl. The van der Waals surface area contributed by atoms with Crippen molar-refractivity contribution in [1.82, 2.24) is 4.90 Å². The van der Waals surface area contributed by atoms with Crippen LogP contribution in [0.3, 0.4) is 0 Å². The fourth-order valence-corrected chi connectivity index (χ4v) is 2.45. The van der Waals surface area contributed by atoms with E-state index in [9.17, 15) is 4.79 Å². The van der Waals surface area contributed by atoms with Crippen LogP contribution < -0.4 is 9.47 Å². The maximum atomic E-state index is 11.2. The van der Waals surface area contributed by atoms with E-state index >= 15 is 0 Å². The van der Waals surface area contributed by atoms with E-state index in [0.29, 0.717) is 24.5 Å². The Bertz CT molecular complexity index is 490. The van der Waals surface area contributed by atoms with E-state index in [1.807, 2.05) is 13.0 Å². The topological polar surface area (TPSA) is 48.0 Å². The van der Waals surface area contributed by atoms with Gasteiger partial charge in [0, 0.05) is 25.2 Å². The molecule has 1 aliphatic rings. The van der Waals surface area contributed by atoms with Gasteiger partial charge < -0.3 is 14.2 Å². The van der Waals surface area contributed by atoms with Crippen molar-refractivity contribution in [3.63, 3.8) is 0 Å². The van der Waals surface area contributed by atoms with E-state index in [0.717, 1.165) is 56.9 Å². The Morgan fingerprint density at radius 3 is 2.61 bits per heavy atom. The number of carbonyl (C=O) groups is 1. The van der Waals surface area contributed by atoms with Gasteiger partial charge in [0.1, 0.15) is 18.1 Å². The Balaban J connectivity index is 0.00000264. The summed E-state index contributed by atoms with van der Waals surface area (Å²) in [5.74, 6) is 1.42. The van der Waals surface area contributed by atoms with Crippen LogP contribution in [0, 0.1) is 6.92 Å². The van der Waals surface area contributed by atoms with Gasteiger partial charge in [-0.1, -0.05) is 6.92 Å². The van der Waals surface area contributed by atoms with E-state index in [1.165, 1.54) is 0 Å². The quantitative estimate of drug-likeness (QED) is 0.679. The third-order valence-electron chi connectivity index (χ3n) is 3.73. The monoisotopic (exact) mass is 343 g/mol. The molecule has 23 heavy (non-hydrogen) atoms. The zero-order chi connectivity index (χ0) is 15.8. The lowest BCUT2D eigenvalue weighted by Gasteiger charge is -2.26. The van der Waals surface area contributed by atoms with Crippen LogP contribution in [0.1, 0.15) is 29.3 Å². The van der Waals surface area contributed by atoms with Gasteiger partial charge in [0.25, 0.3) is 0 Å². The highest BCUT2D eigenvalue weighted by Gasteiger charge is 2.14. The molecule has 0 N–H and O–H groups in total. The zero-order valence-electron chi connectivity index (χ0n) is 13.9. The van der Waals surface area contributed by atoms with Gasteiger partial charge in [0.2, 0.25) is 0 Å². The summed E-state index contributed by atoms with van der Waals surface area (Å²) < 4.78 is 16.9. The number of halogens is 1. The van der Waals surface area contributed by atoms with Crippen molar-refractivity contribution in [2.45, 2.75) is 20.3 Å². The first kappa shape index (κ1) is 19.7. The summed E-state index contributed by atoms with van der Waals surface area (Å²) in [7, 11) is 0. The van der Waals surface area contributed by atoms with E-state index in [1.54, 1.807) is 6.07 Å². The summed E-state index contributed by atoms with van der Waals surface area (Å²) in [6, 6.07) is 3.60. The number of benzene rings is 1. The minimum absolute atomic E-state index is 0. The molecule has 1 saturated heterocycles. The zero-order valence-corrected chi connectivity index (χ0v) is 14.7. The van der Waals surface area contributed by atoms with Crippen molar-refractivity contribution in [3.05, 3.63) is 23.3 Å². The van der Waals surface area contributed by atoms with Crippen molar-refractivity contribution in [2.24, 2.45) is 0 Å². The molecular weight excluding hydrogens is 318 g/mol. The Kier molecular flexibility index (Phi) is 8.99. The van der Waals surface area contributed by atoms with Gasteiger partial charge in [-0.3, -0.25) is 9.69 Å². The highest BCUT2D eigenvalue weighted by molar-refractivity contribution is 5.85. The summed E-state index contributed by atoms with van der Waals surface area (Å²) in [5, 5.41) is 0. The van der Waals surface area contributed by atoms with E-state index in [2.05, 4.69) is 11.8 Å². The predicted molar refractivity (Wildman–Crippen MR) is 92.4 cm³/mol. The molecule has 2 rings (SSSR count). The predicted octanol–water partition coefficient (Wildman–Crippen LogP) is 2.73. The van der Waals surface area contributed by atoms with Gasteiger partial charge in [0.05, 0.1) is 25.4 Å². The molecule has 0 bridgehead atoms. The van der Waals surface area contributed by atoms with Crippen LogP contribution in [0.2, 0.25) is 0 Å². The Morgan fingerprint density at radius 2 is 1.96 bits per heavy atom. The minimum Gasteiger partial charge on any atom is -0.493 e. The lowest BCUT2D eigenvalue weighted by Crippen LogP contribution is -2.38. The second-order valence-corrected chi connectivity index (χ2v) is 5.38. The molecule has 0 spiro atoms. The second-order valence-electron chi connectivity index (χ2n) is 5.38. The number of ether oxygens (including phenoxy) is 3. The molecule has 1 heterocycles. The van der Waals surface area contributed by atoms with Crippen LogP contribution in [-0.2, 0) is 4.74 Å². The summed E-state index contributed by atoms with van der Waals surface area (Å²) >= 11 is 0. The number of carbonyl (C=O) groups excluding carboxylic acids is 1. The van der Waals surface area contributed by atoms with E-state index in [-0.39, 0.29) is 12.4 Å². The Hall–Kier alpha value is -1.30. The van der Waals surface area contributed by atoms with Gasteiger partial charge in [-0.2, -0.15) is 0 Å². The van der Waals surface area contributed by atoms with Crippen LogP contribution in [0.25, 0.3) is 0 Å². The number of nitrogens with zero attached hydrogens (tertiary/aromatic N) is 1. The maximum absolute atomic E-state index is 11.2. The number of aldehydes is 1. The summed E-state index contributed by atoms with van der Waals surface area (Å²) in [4.78, 5) is 13.5. The summed E-state index contributed by atoms with van der Waals surface area (Å²) in [6.45, 7) is 9.47. The van der Waals surface area contributed by atoms with Crippen molar-refractivity contribution in [1.29, 1.82) is 0 Å². The minimum atomic E-state index is 0. The number of hydrogen-bond donors (Lipinski definition) is 0. The lowest BCUT2D eigenvalue weighted by molar-refractivity contribution is 0.0321. The van der Waals surface area contributed by atoms with Crippen molar-refractivity contribution in [2.75, 3.05) is 46.1 Å². The van der Waals surface area contributed by atoms with Crippen molar-refractivity contribution < 1.29 is 19.0 Å². The highest BCUT2D eigenvalue weighted by Crippen LogP contribution is 2.31. The van der Waals surface area contributed by atoms with Gasteiger partial charge in [-0.05, 0) is 25.5 Å². The fourth-order valence-electron chi connectivity index (χ4n) is 2.45. The maximum Gasteiger partial charge on any atom is 0.153 e. The average Bonchev–Trinajstić information content (AvgIpc) is 2.56. The van der Waals surface area contributed by atoms with Crippen molar-refractivity contribution >= 4 is 18.7 Å².